The average molecular weight is 178 g/mol. The third-order valence-corrected chi connectivity index (χ3v) is 1.78. The molecule has 0 spiro atoms. The number of rotatable bonds is 4. The van der Waals surface area contributed by atoms with Crippen molar-refractivity contribution in [2.45, 2.75) is 37.8 Å². The van der Waals surface area contributed by atoms with Gasteiger partial charge in [-0.05, 0) is 13.8 Å². The zero-order chi connectivity index (χ0) is 9.94. The maximum atomic E-state index is 10.1. The minimum absolute atomic E-state index is 0.103. The van der Waals surface area contributed by atoms with E-state index in [-0.39, 0.29) is 6.29 Å². The Labute approximate surface area is 70.3 Å². The second-order valence-electron chi connectivity index (χ2n) is 2.99. The van der Waals surface area contributed by atoms with Gasteiger partial charge in [-0.2, -0.15) is 0 Å². The van der Waals surface area contributed by atoms with Gasteiger partial charge in [-0.1, -0.05) is 0 Å². The Morgan fingerprint density at radius 3 is 2.00 bits per heavy atom. The number of aldehydes is 1. The Morgan fingerprint density at radius 1 is 1.33 bits per heavy atom. The molecule has 0 aromatic rings. The molecule has 0 amide bonds. The van der Waals surface area contributed by atoms with Crippen molar-refractivity contribution in [3.8, 4) is 0 Å². The van der Waals surface area contributed by atoms with Crippen molar-refractivity contribution in [2.24, 2.45) is 0 Å². The number of hydrogen-bond donors (Lipinski definition) is 4. The van der Waals surface area contributed by atoms with Crippen molar-refractivity contribution in [2.75, 3.05) is 0 Å². The molecular formula is C7H14O5. The number of aliphatic hydroxyl groups is 4. The van der Waals surface area contributed by atoms with Crippen molar-refractivity contribution in [1.29, 1.82) is 0 Å². The smallest absolute Gasteiger partial charge is 0.151 e. The molecule has 0 unspecified atom stereocenters. The van der Waals surface area contributed by atoms with E-state index >= 15 is 0 Å². The van der Waals surface area contributed by atoms with Crippen LogP contribution < -0.4 is 0 Å². The van der Waals surface area contributed by atoms with E-state index in [9.17, 15) is 9.90 Å². The van der Waals surface area contributed by atoms with Gasteiger partial charge in [-0.15, -0.1) is 0 Å². The first kappa shape index (κ1) is 11.5. The summed E-state index contributed by atoms with van der Waals surface area (Å²) in [6.45, 7) is 2.32. The van der Waals surface area contributed by atoms with E-state index in [1.54, 1.807) is 0 Å². The summed E-state index contributed by atoms with van der Waals surface area (Å²) >= 11 is 0. The molecule has 0 aliphatic heterocycles. The Balaban J connectivity index is 4.47. The van der Waals surface area contributed by atoms with E-state index in [1.807, 2.05) is 0 Å². The van der Waals surface area contributed by atoms with Gasteiger partial charge in [0.25, 0.3) is 0 Å². The van der Waals surface area contributed by atoms with Gasteiger partial charge in [-0.3, -0.25) is 0 Å². The molecule has 0 saturated carbocycles. The largest absolute Gasteiger partial charge is 0.391 e. The molecule has 12 heavy (non-hydrogen) atoms. The van der Waals surface area contributed by atoms with Crippen LogP contribution >= 0.6 is 0 Å². The van der Waals surface area contributed by atoms with Crippen molar-refractivity contribution in [1.82, 2.24) is 0 Å². The zero-order valence-electron chi connectivity index (χ0n) is 7.01. The lowest BCUT2D eigenvalue weighted by Gasteiger charge is -2.32. The number of aliphatic hydroxyl groups excluding tert-OH is 3. The fraction of sp³-hybridized carbons (Fsp3) is 0.857. The van der Waals surface area contributed by atoms with Crippen molar-refractivity contribution in [3.63, 3.8) is 0 Å². The molecule has 0 bridgehead atoms. The Bertz CT molecular complexity index is 154. The highest BCUT2D eigenvalue weighted by Crippen LogP contribution is 2.16. The maximum Gasteiger partial charge on any atom is 0.151 e. The van der Waals surface area contributed by atoms with E-state index in [1.165, 1.54) is 6.92 Å². The Kier molecular flexibility index (Phi) is 3.79. The lowest BCUT2D eigenvalue weighted by molar-refractivity contribution is -0.166. The first-order valence-corrected chi connectivity index (χ1v) is 3.56. The highest BCUT2D eigenvalue weighted by atomic mass is 16.4. The lowest BCUT2D eigenvalue weighted by Crippen LogP contribution is -2.54. The standard InChI is InChI=1S/C7H14O5/c1-4(9)6(11)7(2,12)5(10)3-8/h3-6,9-12H,1-2H3/t4-,5-,6+,7-/m1/s1. The predicted molar refractivity (Wildman–Crippen MR) is 40.4 cm³/mol. The molecule has 72 valence electrons. The molecule has 0 radical (unpaired) electrons. The van der Waals surface area contributed by atoms with E-state index < -0.39 is 23.9 Å². The summed E-state index contributed by atoms with van der Waals surface area (Å²) in [5, 5.41) is 36.2. The van der Waals surface area contributed by atoms with Crippen LogP contribution in [-0.2, 0) is 4.79 Å². The molecule has 0 aromatic carbocycles. The number of hydrogen-bond acceptors (Lipinski definition) is 5. The van der Waals surface area contributed by atoms with Gasteiger partial charge in [0.15, 0.2) is 6.29 Å². The van der Waals surface area contributed by atoms with Crippen LogP contribution in [0.4, 0.5) is 0 Å². The van der Waals surface area contributed by atoms with Gasteiger partial charge in [0.2, 0.25) is 0 Å². The van der Waals surface area contributed by atoms with Crippen LogP contribution in [0.1, 0.15) is 13.8 Å². The monoisotopic (exact) mass is 178 g/mol. The summed E-state index contributed by atoms with van der Waals surface area (Å²) < 4.78 is 0. The normalized spacial score (nSPS) is 23.8. The minimum atomic E-state index is -2.02. The van der Waals surface area contributed by atoms with E-state index in [0.717, 1.165) is 6.92 Å². The second-order valence-corrected chi connectivity index (χ2v) is 2.99. The quantitative estimate of drug-likeness (QED) is 0.375. The molecule has 4 N–H and O–H groups in total. The molecule has 0 saturated heterocycles. The highest BCUT2D eigenvalue weighted by molar-refractivity contribution is 5.58. The van der Waals surface area contributed by atoms with Crippen LogP contribution in [0.3, 0.4) is 0 Å². The average Bonchev–Trinajstić information content (AvgIpc) is 2.01. The summed E-state index contributed by atoms with van der Waals surface area (Å²) in [5.41, 5.74) is -2.02. The second kappa shape index (κ2) is 3.95. The van der Waals surface area contributed by atoms with Gasteiger partial charge in [-0.25, -0.2) is 0 Å². The molecule has 5 heteroatoms. The summed E-state index contributed by atoms with van der Waals surface area (Å²) in [7, 11) is 0. The SMILES string of the molecule is C[C@@H](O)[C@H](O)[C@](C)(O)[C@H](O)C=O. The minimum Gasteiger partial charge on any atom is -0.391 e. The van der Waals surface area contributed by atoms with Crippen LogP contribution in [0.5, 0.6) is 0 Å². The van der Waals surface area contributed by atoms with Crippen LogP contribution in [0, 0.1) is 0 Å². The molecule has 0 rings (SSSR count). The topological polar surface area (TPSA) is 98.0 Å². The van der Waals surface area contributed by atoms with E-state index in [0.29, 0.717) is 0 Å². The molecule has 4 atom stereocenters. The summed E-state index contributed by atoms with van der Waals surface area (Å²) in [4.78, 5) is 10.1. The molecular weight excluding hydrogens is 164 g/mol. The first-order chi connectivity index (χ1) is 5.34. The third kappa shape index (κ3) is 2.25. The van der Waals surface area contributed by atoms with E-state index in [4.69, 9.17) is 15.3 Å². The number of carbonyl (C=O) groups excluding carboxylic acids is 1. The van der Waals surface area contributed by atoms with Crippen LogP contribution in [0.25, 0.3) is 0 Å². The third-order valence-electron chi connectivity index (χ3n) is 1.78. The van der Waals surface area contributed by atoms with Gasteiger partial charge in [0.05, 0.1) is 6.10 Å². The molecule has 5 nitrogen and oxygen atoms in total. The van der Waals surface area contributed by atoms with Gasteiger partial charge < -0.3 is 25.2 Å². The first-order valence-electron chi connectivity index (χ1n) is 3.56. The summed E-state index contributed by atoms with van der Waals surface area (Å²) in [6.07, 6.45) is -4.37. The molecule has 0 heterocycles. The van der Waals surface area contributed by atoms with E-state index in [2.05, 4.69) is 0 Å². The number of carbonyl (C=O) groups is 1. The lowest BCUT2D eigenvalue weighted by atomic mass is 9.90. The highest BCUT2D eigenvalue weighted by Gasteiger charge is 2.40. The van der Waals surface area contributed by atoms with Crippen LogP contribution in [-0.4, -0.2) is 50.6 Å². The zero-order valence-corrected chi connectivity index (χ0v) is 7.01. The predicted octanol–water partition coefficient (Wildman–Crippen LogP) is -1.96. The summed E-state index contributed by atoms with van der Waals surface area (Å²) in [5.74, 6) is 0. The van der Waals surface area contributed by atoms with Gasteiger partial charge in [0.1, 0.15) is 17.8 Å². The van der Waals surface area contributed by atoms with Crippen molar-refractivity contribution < 1.29 is 25.2 Å². The maximum absolute atomic E-state index is 10.1. The summed E-state index contributed by atoms with van der Waals surface area (Å²) in [6, 6.07) is 0. The Morgan fingerprint density at radius 2 is 1.75 bits per heavy atom. The fourth-order valence-electron chi connectivity index (χ4n) is 0.801. The molecule has 0 fully saturated rings. The van der Waals surface area contributed by atoms with Crippen LogP contribution in [0.15, 0.2) is 0 Å². The van der Waals surface area contributed by atoms with Crippen LogP contribution in [0.2, 0.25) is 0 Å². The molecule has 0 aliphatic carbocycles. The fourth-order valence-corrected chi connectivity index (χ4v) is 0.801. The van der Waals surface area contributed by atoms with Crippen molar-refractivity contribution >= 4 is 6.29 Å². The van der Waals surface area contributed by atoms with Crippen molar-refractivity contribution in [3.05, 3.63) is 0 Å². The van der Waals surface area contributed by atoms with Gasteiger partial charge in [0, 0.05) is 0 Å². The molecule has 0 aliphatic rings. The van der Waals surface area contributed by atoms with Gasteiger partial charge >= 0.3 is 0 Å². The Hall–Kier alpha value is -0.490. The molecule has 0 aromatic heterocycles.